The van der Waals surface area contributed by atoms with Gasteiger partial charge in [0.15, 0.2) is 5.82 Å². The third-order valence-electron chi connectivity index (χ3n) is 3.22. The fourth-order valence-corrected chi connectivity index (χ4v) is 2.42. The maximum absolute atomic E-state index is 12.6. The zero-order valence-corrected chi connectivity index (χ0v) is 12.4. The molecule has 3 heterocycles. The second kappa shape index (κ2) is 4.81. The highest BCUT2D eigenvalue weighted by Crippen LogP contribution is 2.12. The van der Waals surface area contributed by atoms with Gasteiger partial charge in [0.2, 0.25) is 0 Å². The van der Waals surface area contributed by atoms with Crippen molar-refractivity contribution in [2.75, 3.05) is 26.2 Å². The number of rotatable bonds is 3. The third kappa shape index (κ3) is 2.04. The SMILES string of the molecule is COCc1nc2ncc3c(=O)n(N(C)C)c(C)cc3n2n1. The number of hydrogen-bond donors (Lipinski definition) is 0. The molecule has 0 bridgehead atoms. The molecule has 0 N–H and O–H groups in total. The van der Waals surface area contributed by atoms with Crippen LogP contribution < -0.4 is 10.6 Å². The second-order valence-electron chi connectivity index (χ2n) is 4.98. The molecule has 21 heavy (non-hydrogen) atoms. The van der Waals surface area contributed by atoms with Gasteiger partial charge >= 0.3 is 0 Å². The molecule has 0 saturated carbocycles. The smallest absolute Gasteiger partial charge is 0.280 e. The molecule has 3 aromatic rings. The first-order chi connectivity index (χ1) is 10.0. The van der Waals surface area contributed by atoms with Crippen molar-refractivity contribution in [3.05, 3.63) is 34.1 Å². The molecule has 0 aliphatic rings. The quantitative estimate of drug-likeness (QED) is 0.680. The van der Waals surface area contributed by atoms with Gasteiger partial charge in [-0.1, -0.05) is 0 Å². The van der Waals surface area contributed by atoms with E-state index >= 15 is 0 Å². The molecular weight excluding hydrogens is 272 g/mol. The van der Waals surface area contributed by atoms with E-state index in [9.17, 15) is 4.79 Å². The van der Waals surface area contributed by atoms with Crippen molar-refractivity contribution in [1.82, 2.24) is 24.3 Å². The Hall–Kier alpha value is -2.48. The molecule has 0 radical (unpaired) electrons. The van der Waals surface area contributed by atoms with Gasteiger partial charge in [-0.15, -0.1) is 5.10 Å². The normalized spacial score (nSPS) is 11.4. The Balaban J connectivity index is 2.38. The van der Waals surface area contributed by atoms with Crippen LogP contribution in [-0.2, 0) is 11.3 Å². The predicted octanol–water partition coefficient (Wildman–Crippen LogP) is 0.0916. The van der Waals surface area contributed by atoms with E-state index in [-0.39, 0.29) is 5.56 Å². The van der Waals surface area contributed by atoms with E-state index in [4.69, 9.17) is 4.74 Å². The summed E-state index contributed by atoms with van der Waals surface area (Å²) in [5.74, 6) is 0.989. The van der Waals surface area contributed by atoms with Crippen LogP contribution in [-0.4, -0.2) is 45.5 Å². The van der Waals surface area contributed by atoms with Gasteiger partial charge in [-0.25, -0.2) is 9.66 Å². The average Bonchev–Trinajstić information content (AvgIpc) is 2.81. The molecule has 0 unspecified atom stereocenters. The highest BCUT2D eigenvalue weighted by Gasteiger charge is 2.13. The number of pyridine rings is 1. The molecule has 3 aromatic heterocycles. The molecule has 0 saturated heterocycles. The summed E-state index contributed by atoms with van der Waals surface area (Å²) in [6.07, 6.45) is 1.54. The van der Waals surface area contributed by atoms with Gasteiger partial charge in [0, 0.05) is 33.1 Å². The van der Waals surface area contributed by atoms with E-state index in [1.54, 1.807) is 21.3 Å². The lowest BCUT2D eigenvalue weighted by Gasteiger charge is -2.19. The van der Waals surface area contributed by atoms with Gasteiger partial charge in [0.25, 0.3) is 11.3 Å². The number of aryl methyl sites for hydroxylation is 1. The minimum absolute atomic E-state index is 0.131. The van der Waals surface area contributed by atoms with Crippen molar-refractivity contribution in [3.63, 3.8) is 0 Å². The molecule has 8 heteroatoms. The van der Waals surface area contributed by atoms with E-state index < -0.39 is 0 Å². The summed E-state index contributed by atoms with van der Waals surface area (Å²) in [5, 5.41) is 6.57. The molecule has 0 amide bonds. The Morgan fingerprint density at radius 2 is 2.14 bits per heavy atom. The predicted molar refractivity (Wildman–Crippen MR) is 78.1 cm³/mol. The number of nitrogens with zero attached hydrogens (tertiary/aromatic N) is 6. The second-order valence-corrected chi connectivity index (χ2v) is 4.98. The monoisotopic (exact) mass is 288 g/mol. The Bertz CT molecular complexity index is 880. The Morgan fingerprint density at radius 3 is 2.81 bits per heavy atom. The van der Waals surface area contributed by atoms with Crippen LogP contribution in [0.25, 0.3) is 16.7 Å². The van der Waals surface area contributed by atoms with Crippen molar-refractivity contribution in [2.45, 2.75) is 13.5 Å². The summed E-state index contributed by atoms with van der Waals surface area (Å²) < 4.78 is 8.20. The molecule has 3 rings (SSSR count). The zero-order valence-electron chi connectivity index (χ0n) is 12.4. The number of hydrogen-bond acceptors (Lipinski definition) is 6. The van der Waals surface area contributed by atoms with Crippen molar-refractivity contribution in [2.24, 2.45) is 0 Å². The van der Waals surface area contributed by atoms with Gasteiger partial charge in [0.1, 0.15) is 6.61 Å². The van der Waals surface area contributed by atoms with Gasteiger partial charge in [0.05, 0.1) is 10.9 Å². The fourth-order valence-electron chi connectivity index (χ4n) is 2.42. The van der Waals surface area contributed by atoms with E-state index in [0.29, 0.717) is 29.1 Å². The Kier molecular flexibility index (Phi) is 3.09. The molecular formula is C13H16N6O2. The minimum atomic E-state index is -0.131. The molecule has 0 atom stereocenters. The highest BCUT2D eigenvalue weighted by atomic mass is 16.5. The van der Waals surface area contributed by atoms with Crippen molar-refractivity contribution < 1.29 is 4.74 Å². The lowest BCUT2D eigenvalue weighted by atomic mass is 10.2. The highest BCUT2D eigenvalue weighted by molar-refractivity contribution is 5.79. The molecule has 0 aliphatic carbocycles. The number of ether oxygens (including phenoxy) is 1. The first kappa shape index (κ1) is 13.5. The maximum atomic E-state index is 12.6. The van der Waals surface area contributed by atoms with Crippen LogP contribution in [0.2, 0.25) is 0 Å². The van der Waals surface area contributed by atoms with Gasteiger partial charge < -0.3 is 9.75 Å². The van der Waals surface area contributed by atoms with Crippen molar-refractivity contribution >= 4 is 16.7 Å². The first-order valence-corrected chi connectivity index (χ1v) is 6.46. The summed E-state index contributed by atoms with van der Waals surface area (Å²) in [6.45, 7) is 2.18. The van der Waals surface area contributed by atoms with E-state index in [1.165, 1.54) is 6.20 Å². The van der Waals surface area contributed by atoms with Crippen LogP contribution in [0.4, 0.5) is 0 Å². The maximum Gasteiger partial charge on any atom is 0.280 e. The summed E-state index contributed by atoms with van der Waals surface area (Å²) in [7, 11) is 5.22. The Morgan fingerprint density at radius 1 is 1.38 bits per heavy atom. The van der Waals surface area contributed by atoms with Crippen LogP contribution in [0.15, 0.2) is 17.1 Å². The van der Waals surface area contributed by atoms with Crippen LogP contribution >= 0.6 is 0 Å². The Labute approximate surface area is 120 Å². The third-order valence-corrected chi connectivity index (χ3v) is 3.22. The molecule has 0 fully saturated rings. The molecule has 110 valence electrons. The fraction of sp³-hybridized carbons (Fsp3) is 0.385. The van der Waals surface area contributed by atoms with Crippen molar-refractivity contribution in [1.29, 1.82) is 0 Å². The standard InChI is InChI=1S/C13H16N6O2/c1-8-5-10-9(12(20)19(8)17(2)3)6-14-13-15-11(7-21-4)16-18(10)13/h5-6H,7H2,1-4H3. The van der Waals surface area contributed by atoms with Gasteiger partial charge in [-0.05, 0) is 13.0 Å². The van der Waals surface area contributed by atoms with Gasteiger partial charge in [-0.3, -0.25) is 4.79 Å². The summed E-state index contributed by atoms with van der Waals surface area (Å²) in [5.41, 5.74) is 1.37. The van der Waals surface area contributed by atoms with Gasteiger partial charge in [-0.2, -0.15) is 9.50 Å². The molecule has 0 aliphatic heterocycles. The first-order valence-electron chi connectivity index (χ1n) is 6.46. The minimum Gasteiger partial charge on any atom is -0.377 e. The van der Waals surface area contributed by atoms with Crippen LogP contribution in [0.1, 0.15) is 11.5 Å². The van der Waals surface area contributed by atoms with E-state index in [1.807, 2.05) is 27.1 Å². The number of fused-ring (bicyclic) bond motifs is 3. The average molecular weight is 288 g/mol. The lowest BCUT2D eigenvalue weighted by Crippen LogP contribution is -2.37. The summed E-state index contributed by atoms with van der Waals surface area (Å²) in [4.78, 5) is 21.0. The number of methoxy groups -OCH3 is 1. The topological polar surface area (TPSA) is 77.6 Å². The van der Waals surface area contributed by atoms with Crippen LogP contribution in [0, 0.1) is 6.92 Å². The van der Waals surface area contributed by atoms with E-state index in [2.05, 4.69) is 15.1 Å². The number of aromatic nitrogens is 5. The van der Waals surface area contributed by atoms with Crippen molar-refractivity contribution in [3.8, 4) is 0 Å². The summed E-state index contributed by atoms with van der Waals surface area (Å²) in [6, 6.07) is 1.90. The van der Waals surface area contributed by atoms with Crippen LogP contribution in [0.5, 0.6) is 0 Å². The van der Waals surface area contributed by atoms with E-state index in [0.717, 1.165) is 5.69 Å². The largest absolute Gasteiger partial charge is 0.377 e. The zero-order chi connectivity index (χ0) is 15.1. The molecule has 0 aromatic carbocycles. The van der Waals surface area contributed by atoms with Crippen LogP contribution in [0.3, 0.4) is 0 Å². The lowest BCUT2D eigenvalue weighted by molar-refractivity contribution is 0.178. The summed E-state index contributed by atoms with van der Waals surface area (Å²) >= 11 is 0. The molecule has 8 nitrogen and oxygen atoms in total. The molecule has 0 spiro atoms.